The lowest BCUT2D eigenvalue weighted by Gasteiger charge is -2.24. The van der Waals surface area contributed by atoms with Gasteiger partial charge in [-0.2, -0.15) is 0 Å². The Labute approximate surface area is 194 Å². The molecule has 1 fully saturated rings. The van der Waals surface area contributed by atoms with Crippen LogP contribution in [0.2, 0.25) is 0 Å². The van der Waals surface area contributed by atoms with Crippen LogP contribution >= 0.6 is 0 Å². The Morgan fingerprint density at radius 1 is 1.03 bits per heavy atom. The van der Waals surface area contributed by atoms with Gasteiger partial charge in [0.05, 0.1) is 5.92 Å². The molecule has 33 heavy (non-hydrogen) atoms. The minimum Gasteiger partial charge on any atom is -0.505 e. The van der Waals surface area contributed by atoms with Crippen LogP contribution in [0.3, 0.4) is 0 Å². The maximum Gasteiger partial charge on any atom is 0.276 e. The quantitative estimate of drug-likeness (QED) is 0.625. The molecule has 0 spiro atoms. The highest BCUT2D eigenvalue weighted by molar-refractivity contribution is 5.95. The Morgan fingerprint density at radius 2 is 1.79 bits per heavy atom. The standard InChI is InChI=1S/C27H29N3O3/c1-2-15-29-16-17-30(27(33)25-24(31)13-8-14-28-25)19-22(26(29)32)18-21-11-6-7-12-23(21)20-9-4-3-5-10-20/h3-14,22,31H,2,15-19H2,1H3/t22-/m0/s1. The van der Waals surface area contributed by atoms with Crippen molar-refractivity contribution in [3.05, 3.63) is 84.2 Å². The molecule has 0 unspecified atom stereocenters. The number of aromatic nitrogens is 1. The van der Waals surface area contributed by atoms with Crippen molar-refractivity contribution < 1.29 is 14.7 Å². The predicted octanol–water partition coefficient (Wildman–Crippen LogP) is 4.01. The van der Waals surface area contributed by atoms with Crippen molar-refractivity contribution in [2.24, 2.45) is 5.92 Å². The molecule has 1 N–H and O–H groups in total. The lowest BCUT2D eigenvalue weighted by molar-refractivity contribution is -0.134. The lowest BCUT2D eigenvalue weighted by Crippen LogP contribution is -2.38. The zero-order valence-electron chi connectivity index (χ0n) is 18.9. The van der Waals surface area contributed by atoms with Gasteiger partial charge < -0.3 is 14.9 Å². The van der Waals surface area contributed by atoms with Crippen molar-refractivity contribution in [2.75, 3.05) is 26.2 Å². The van der Waals surface area contributed by atoms with Crippen molar-refractivity contribution in [1.82, 2.24) is 14.8 Å². The third-order valence-corrected chi connectivity index (χ3v) is 6.08. The fraction of sp³-hybridized carbons (Fsp3) is 0.296. The molecule has 170 valence electrons. The number of rotatable bonds is 6. The maximum absolute atomic E-state index is 13.5. The molecule has 0 saturated carbocycles. The first-order chi connectivity index (χ1) is 16.1. The van der Waals surface area contributed by atoms with E-state index in [1.54, 1.807) is 11.0 Å². The van der Waals surface area contributed by atoms with E-state index < -0.39 is 0 Å². The Hall–Kier alpha value is -3.67. The number of aromatic hydroxyl groups is 1. The zero-order chi connectivity index (χ0) is 23.2. The van der Waals surface area contributed by atoms with E-state index in [4.69, 9.17) is 0 Å². The van der Waals surface area contributed by atoms with Crippen LogP contribution in [0, 0.1) is 5.92 Å². The highest BCUT2D eigenvalue weighted by atomic mass is 16.3. The molecule has 0 aliphatic carbocycles. The van der Waals surface area contributed by atoms with Crippen LogP contribution in [0.1, 0.15) is 29.4 Å². The molecule has 0 radical (unpaired) electrons. The Bertz CT molecular complexity index is 1120. The molecule has 1 aliphatic heterocycles. The molecule has 2 aromatic carbocycles. The van der Waals surface area contributed by atoms with Crippen molar-refractivity contribution in [3.63, 3.8) is 0 Å². The first kappa shape index (κ1) is 22.5. The van der Waals surface area contributed by atoms with E-state index in [9.17, 15) is 14.7 Å². The minimum absolute atomic E-state index is 0.0253. The van der Waals surface area contributed by atoms with Crippen molar-refractivity contribution in [2.45, 2.75) is 19.8 Å². The Balaban J connectivity index is 1.65. The smallest absolute Gasteiger partial charge is 0.276 e. The molecule has 0 bridgehead atoms. The summed E-state index contributed by atoms with van der Waals surface area (Å²) in [5.41, 5.74) is 3.30. The van der Waals surface area contributed by atoms with Gasteiger partial charge in [-0.05, 0) is 41.7 Å². The van der Waals surface area contributed by atoms with Gasteiger partial charge in [-0.15, -0.1) is 0 Å². The van der Waals surface area contributed by atoms with Gasteiger partial charge >= 0.3 is 0 Å². The largest absolute Gasteiger partial charge is 0.505 e. The van der Waals surface area contributed by atoms with E-state index in [0.717, 1.165) is 23.1 Å². The third-order valence-electron chi connectivity index (χ3n) is 6.08. The highest BCUT2D eigenvalue weighted by Gasteiger charge is 2.33. The number of carbonyl (C=O) groups excluding carboxylic acids is 2. The van der Waals surface area contributed by atoms with Crippen LogP contribution in [0.15, 0.2) is 72.9 Å². The molecule has 2 amide bonds. The van der Waals surface area contributed by atoms with Crippen LogP contribution < -0.4 is 0 Å². The van der Waals surface area contributed by atoms with Crippen molar-refractivity contribution >= 4 is 11.8 Å². The number of carbonyl (C=O) groups is 2. The Morgan fingerprint density at radius 3 is 2.55 bits per heavy atom. The van der Waals surface area contributed by atoms with Gasteiger partial charge in [0, 0.05) is 32.4 Å². The highest BCUT2D eigenvalue weighted by Crippen LogP contribution is 2.28. The summed E-state index contributed by atoms with van der Waals surface area (Å²) in [6, 6.07) is 21.3. The zero-order valence-corrected chi connectivity index (χ0v) is 18.9. The molecule has 6 heteroatoms. The van der Waals surface area contributed by atoms with Gasteiger partial charge in [0.1, 0.15) is 5.75 Å². The second-order valence-electron chi connectivity index (χ2n) is 8.37. The first-order valence-corrected chi connectivity index (χ1v) is 11.4. The maximum atomic E-state index is 13.5. The van der Waals surface area contributed by atoms with E-state index in [1.165, 1.54) is 12.3 Å². The number of pyridine rings is 1. The third kappa shape index (κ3) is 5.06. The van der Waals surface area contributed by atoms with Gasteiger partial charge in [0.2, 0.25) is 5.91 Å². The molecule has 1 atom stereocenters. The van der Waals surface area contributed by atoms with Gasteiger partial charge in [0.25, 0.3) is 5.91 Å². The molecule has 1 aliphatic rings. The summed E-state index contributed by atoms with van der Waals surface area (Å²) in [6.45, 7) is 3.89. The molecule has 1 saturated heterocycles. The molecule has 6 nitrogen and oxygen atoms in total. The van der Waals surface area contributed by atoms with E-state index in [-0.39, 0.29) is 35.7 Å². The molecular weight excluding hydrogens is 414 g/mol. The molecule has 4 rings (SSSR count). The van der Waals surface area contributed by atoms with Gasteiger partial charge in [-0.25, -0.2) is 4.98 Å². The fourth-order valence-electron chi connectivity index (χ4n) is 4.45. The van der Waals surface area contributed by atoms with Crippen LogP contribution in [-0.4, -0.2) is 57.9 Å². The molecule has 2 heterocycles. The summed E-state index contributed by atoms with van der Waals surface area (Å²) in [6.07, 6.45) is 2.88. The number of amides is 2. The number of benzene rings is 2. The van der Waals surface area contributed by atoms with Crippen LogP contribution in [0.5, 0.6) is 5.75 Å². The summed E-state index contributed by atoms with van der Waals surface area (Å²) >= 11 is 0. The van der Waals surface area contributed by atoms with Crippen LogP contribution in [0.25, 0.3) is 11.1 Å². The summed E-state index contributed by atoms with van der Waals surface area (Å²) in [5.74, 6) is -0.797. The second-order valence-corrected chi connectivity index (χ2v) is 8.37. The van der Waals surface area contributed by atoms with E-state index in [2.05, 4.69) is 29.2 Å². The van der Waals surface area contributed by atoms with E-state index in [0.29, 0.717) is 26.1 Å². The monoisotopic (exact) mass is 443 g/mol. The lowest BCUT2D eigenvalue weighted by atomic mass is 9.91. The van der Waals surface area contributed by atoms with Gasteiger partial charge in [-0.1, -0.05) is 61.5 Å². The second kappa shape index (κ2) is 10.3. The predicted molar refractivity (Wildman–Crippen MR) is 128 cm³/mol. The van der Waals surface area contributed by atoms with Crippen LogP contribution in [0.4, 0.5) is 0 Å². The van der Waals surface area contributed by atoms with Crippen molar-refractivity contribution in [1.29, 1.82) is 0 Å². The molecular formula is C27H29N3O3. The SMILES string of the molecule is CCCN1CCN(C(=O)c2ncccc2O)C[C@H](Cc2ccccc2-c2ccccc2)C1=O. The first-order valence-electron chi connectivity index (χ1n) is 11.4. The average Bonchev–Trinajstić information content (AvgIpc) is 2.99. The summed E-state index contributed by atoms with van der Waals surface area (Å²) in [7, 11) is 0. The fourth-order valence-corrected chi connectivity index (χ4v) is 4.45. The van der Waals surface area contributed by atoms with E-state index >= 15 is 0 Å². The summed E-state index contributed by atoms with van der Waals surface area (Å²) in [4.78, 5) is 34.3. The van der Waals surface area contributed by atoms with E-state index in [1.807, 2.05) is 42.2 Å². The van der Waals surface area contributed by atoms with Crippen molar-refractivity contribution in [3.8, 4) is 16.9 Å². The summed E-state index contributed by atoms with van der Waals surface area (Å²) in [5, 5.41) is 10.1. The Kier molecular flexibility index (Phi) is 7.03. The topological polar surface area (TPSA) is 73.7 Å². The van der Waals surface area contributed by atoms with Gasteiger partial charge in [-0.3, -0.25) is 9.59 Å². The number of hydrogen-bond donors (Lipinski definition) is 1. The molecule has 3 aromatic rings. The average molecular weight is 444 g/mol. The minimum atomic E-state index is -0.376. The van der Waals surface area contributed by atoms with Gasteiger partial charge in [0.15, 0.2) is 5.69 Å². The number of hydrogen-bond acceptors (Lipinski definition) is 4. The molecule has 1 aromatic heterocycles. The summed E-state index contributed by atoms with van der Waals surface area (Å²) < 4.78 is 0. The normalized spacial score (nSPS) is 16.5. The number of nitrogens with zero attached hydrogens (tertiary/aromatic N) is 3. The van der Waals surface area contributed by atoms with Crippen LogP contribution in [-0.2, 0) is 11.2 Å².